The van der Waals surface area contributed by atoms with Crippen LogP contribution in [0.3, 0.4) is 0 Å². The molecule has 214 valence electrons. The smallest absolute Gasteiger partial charge is 0.359 e. The minimum absolute atomic E-state index is 0. The van der Waals surface area contributed by atoms with Gasteiger partial charge in [-0.2, -0.15) is 0 Å². The van der Waals surface area contributed by atoms with E-state index in [2.05, 4.69) is 0 Å². The largest absolute Gasteiger partial charge is 1.00 e. The molecule has 14 nitrogen and oxygen atoms in total. The van der Waals surface area contributed by atoms with Crippen LogP contribution in [0, 0.1) is 0 Å². The first-order valence-corrected chi connectivity index (χ1v) is 10.2. The van der Waals surface area contributed by atoms with E-state index in [1.54, 1.807) is 48.5 Å². The molecule has 0 spiro atoms. The summed E-state index contributed by atoms with van der Waals surface area (Å²) in [4.78, 5) is 45.0. The normalized spacial score (nSPS) is 9.63. The number of benzene rings is 2. The Morgan fingerprint density at radius 3 is 1.08 bits per heavy atom. The third kappa shape index (κ3) is 13.0. The van der Waals surface area contributed by atoms with Crippen molar-refractivity contribution in [2.75, 3.05) is 39.4 Å². The number of hydrogen-bond acceptors (Lipinski definition) is 6. The van der Waals surface area contributed by atoms with Crippen LogP contribution in [0.2, 0.25) is 0 Å². The van der Waals surface area contributed by atoms with E-state index in [-0.39, 0.29) is 58.8 Å². The predicted octanol–water partition coefficient (Wildman–Crippen LogP) is -9.13. The van der Waals surface area contributed by atoms with E-state index in [0.717, 1.165) is 0 Å². The monoisotopic (exact) mass is 584 g/mol. The SMILES string of the molecule is O.O.O=C(O)C[NH+](CC(=O)O)c1ccccc1OCCOc1ccccc1[NH+](CC(=O)O)CC(=O)O.[Cl-].[Cl-]. The van der Waals surface area contributed by atoms with Crippen molar-refractivity contribution in [1.82, 2.24) is 0 Å². The van der Waals surface area contributed by atoms with Crippen molar-refractivity contribution in [2.24, 2.45) is 0 Å². The Hall–Kier alpha value is -3.66. The van der Waals surface area contributed by atoms with E-state index >= 15 is 0 Å². The Kier molecular flexibility index (Phi) is 19.9. The standard InChI is InChI=1S/C22H24N2O10.2ClH.2H2O/c25-19(26)11-23(12-20(27)28)15-5-1-3-7-17(15)33-9-10-34-18-8-4-2-6-16(18)24(13-21(29)30)14-22(31)32;;;;/h1-8H,9-14H2,(H,25,26)(H,27,28)(H,29,30)(H,31,32);2*1H;2*1H2. The number of carbonyl (C=O) groups is 4. The molecule has 0 aliphatic rings. The molecule has 0 heterocycles. The van der Waals surface area contributed by atoms with Crippen molar-refractivity contribution in [3.8, 4) is 11.5 Å². The maximum Gasteiger partial charge on any atom is 0.359 e. The molecule has 0 fully saturated rings. The lowest BCUT2D eigenvalue weighted by Gasteiger charge is -2.19. The number of carboxylic acids is 4. The van der Waals surface area contributed by atoms with Crippen LogP contribution in [-0.4, -0.2) is 94.6 Å². The molecule has 0 amide bonds. The van der Waals surface area contributed by atoms with Gasteiger partial charge in [0.25, 0.3) is 0 Å². The number of hydrogen-bond donors (Lipinski definition) is 6. The molecule has 0 saturated carbocycles. The van der Waals surface area contributed by atoms with E-state index in [9.17, 15) is 19.2 Å². The topological polar surface area (TPSA) is 240 Å². The number of aliphatic carboxylic acids is 4. The van der Waals surface area contributed by atoms with Gasteiger partial charge in [0.2, 0.25) is 0 Å². The molecule has 0 aliphatic heterocycles. The van der Waals surface area contributed by atoms with E-state index < -0.39 is 50.1 Å². The molecule has 2 aromatic carbocycles. The lowest BCUT2D eigenvalue weighted by molar-refractivity contribution is -0.816. The van der Waals surface area contributed by atoms with Crippen molar-refractivity contribution >= 4 is 35.3 Å². The van der Waals surface area contributed by atoms with Crippen LogP contribution in [0.1, 0.15) is 0 Å². The molecule has 10 N–H and O–H groups in total. The van der Waals surface area contributed by atoms with Gasteiger partial charge in [-0.25, -0.2) is 19.2 Å². The summed E-state index contributed by atoms with van der Waals surface area (Å²) in [6.07, 6.45) is 0. The first-order chi connectivity index (χ1) is 16.2. The van der Waals surface area contributed by atoms with Gasteiger partial charge in [0.15, 0.2) is 49.1 Å². The van der Waals surface area contributed by atoms with Gasteiger partial charge in [-0.1, -0.05) is 24.3 Å². The third-order valence-electron chi connectivity index (χ3n) is 4.59. The quantitative estimate of drug-likeness (QED) is 0.108. The lowest BCUT2D eigenvalue weighted by atomic mass is 10.2. The van der Waals surface area contributed by atoms with Crippen molar-refractivity contribution in [2.45, 2.75) is 0 Å². The fourth-order valence-electron chi connectivity index (χ4n) is 3.31. The van der Waals surface area contributed by atoms with Gasteiger partial charge in [-0.15, -0.1) is 0 Å². The van der Waals surface area contributed by atoms with Crippen LogP contribution in [0.25, 0.3) is 0 Å². The summed E-state index contributed by atoms with van der Waals surface area (Å²) in [5, 5.41) is 36.5. The summed E-state index contributed by atoms with van der Waals surface area (Å²) < 4.78 is 11.4. The van der Waals surface area contributed by atoms with Gasteiger partial charge in [0.05, 0.1) is 0 Å². The van der Waals surface area contributed by atoms with Gasteiger partial charge in [-0.3, -0.25) is 9.80 Å². The highest BCUT2D eigenvalue weighted by molar-refractivity contribution is 5.71. The number of halogens is 2. The highest BCUT2D eigenvalue weighted by atomic mass is 35.5. The zero-order valence-electron chi connectivity index (χ0n) is 19.9. The number of quaternary nitrogens is 2. The average Bonchev–Trinajstić information content (AvgIpc) is 2.75. The minimum Gasteiger partial charge on any atom is -1.00 e. The summed E-state index contributed by atoms with van der Waals surface area (Å²) in [6, 6.07) is 12.9. The molecular formula is C22H30Cl2N2O12. The molecule has 38 heavy (non-hydrogen) atoms. The number of carboxylic acid groups (broad SMARTS) is 4. The molecule has 0 unspecified atom stereocenters. The van der Waals surface area contributed by atoms with Crippen LogP contribution in [0.4, 0.5) is 11.4 Å². The number of ether oxygens (including phenoxy) is 2. The second-order valence-electron chi connectivity index (χ2n) is 7.18. The first kappa shape index (κ1) is 38.9. The lowest BCUT2D eigenvalue weighted by Crippen LogP contribution is -3.09. The minimum atomic E-state index is -1.17. The Morgan fingerprint density at radius 1 is 0.553 bits per heavy atom. The zero-order chi connectivity index (χ0) is 25.1. The fraction of sp³-hybridized carbons (Fsp3) is 0.273. The van der Waals surface area contributed by atoms with Crippen LogP contribution in [-0.2, 0) is 19.2 Å². The summed E-state index contributed by atoms with van der Waals surface area (Å²) >= 11 is 0. The van der Waals surface area contributed by atoms with Crippen LogP contribution in [0.5, 0.6) is 11.5 Å². The number of nitrogens with one attached hydrogen (secondary N) is 2. The fourth-order valence-corrected chi connectivity index (χ4v) is 3.31. The van der Waals surface area contributed by atoms with Gasteiger partial charge >= 0.3 is 23.9 Å². The van der Waals surface area contributed by atoms with E-state index in [4.69, 9.17) is 29.9 Å². The van der Waals surface area contributed by atoms with Gasteiger partial charge in [-0.05, 0) is 12.1 Å². The Labute approximate surface area is 229 Å². The zero-order valence-corrected chi connectivity index (χ0v) is 21.4. The van der Waals surface area contributed by atoms with Crippen LogP contribution < -0.4 is 44.1 Å². The molecule has 0 aromatic heterocycles. The maximum absolute atomic E-state index is 11.2. The number of para-hydroxylation sites is 4. The molecular weight excluding hydrogens is 555 g/mol. The van der Waals surface area contributed by atoms with Crippen molar-refractivity contribution in [3.63, 3.8) is 0 Å². The second-order valence-corrected chi connectivity index (χ2v) is 7.18. The molecule has 2 aromatic rings. The summed E-state index contributed by atoms with van der Waals surface area (Å²) in [6.45, 7) is -1.81. The Balaban J connectivity index is -0.00000306. The Bertz CT molecular complexity index is 927. The van der Waals surface area contributed by atoms with Crippen molar-refractivity contribution < 1.29 is 94.6 Å². The van der Waals surface area contributed by atoms with Crippen molar-refractivity contribution in [1.29, 1.82) is 0 Å². The molecule has 0 radical (unpaired) electrons. The molecule has 0 atom stereocenters. The van der Waals surface area contributed by atoms with Gasteiger partial charge in [0.1, 0.15) is 13.2 Å². The predicted molar refractivity (Wildman–Crippen MR) is 122 cm³/mol. The first-order valence-electron chi connectivity index (χ1n) is 10.2. The highest BCUT2D eigenvalue weighted by Gasteiger charge is 2.25. The van der Waals surface area contributed by atoms with Crippen LogP contribution >= 0.6 is 0 Å². The van der Waals surface area contributed by atoms with E-state index in [1.807, 2.05) is 0 Å². The summed E-state index contributed by atoms with van der Waals surface area (Å²) in [5.41, 5.74) is 0.734. The molecule has 0 aliphatic carbocycles. The molecule has 2 rings (SSSR count). The second kappa shape index (κ2) is 19.5. The summed E-state index contributed by atoms with van der Waals surface area (Å²) in [7, 11) is 0. The highest BCUT2D eigenvalue weighted by Crippen LogP contribution is 2.22. The maximum atomic E-state index is 11.2. The average molecular weight is 585 g/mol. The van der Waals surface area contributed by atoms with Gasteiger partial charge in [0, 0.05) is 12.1 Å². The third-order valence-corrected chi connectivity index (χ3v) is 4.59. The van der Waals surface area contributed by atoms with E-state index in [0.29, 0.717) is 22.9 Å². The molecule has 16 heteroatoms. The summed E-state index contributed by atoms with van der Waals surface area (Å²) in [5.74, 6) is -4.08. The number of rotatable bonds is 15. The van der Waals surface area contributed by atoms with Crippen LogP contribution in [0.15, 0.2) is 48.5 Å². The van der Waals surface area contributed by atoms with Crippen molar-refractivity contribution in [3.05, 3.63) is 48.5 Å². The molecule has 0 saturated heterocycles. The molecule has 0 bridgehead atoms. The Morgan fingerprint density at radius 2 is 0.816 bits per heavy atom. The van der Waals surface area contributed by atoms with E-state index in [1.165, 1.54) is 0 Å². The van der Waals surface area contributed by atoms with Gasteiger partial charge < -0.3 is 65.7 Å².